The van der Waals surface area contributed by atoms with Crippen molar-refractivity contribution in [3.05, 3.63) is 95.2 Å². The molecule has 0 saturated carbocycles. The number of halogens is 1. The summed E-state index contributed by atoms with van der Waals surface area (Å²) in [5.41, 5.74) is 9.81. The van der Waals surface area contributed by atoms with Gasteiger partial charge in [0, 0.05) is 41.8 Å². The van der Waals surface area contributed by atoms with Gasteiger partial charge in [0.05, 0.1) is 25.0 Å². The number of nitrogen functional groups attached to an aromatic ring is 1. The number of anilines is 1. The van der Waals surface area contributed by atoms with Crippen LogP contribution in [-0.2, 0) is 11.3 Å². The Morgan fingerprint density at radius 1 is 1.13 bits per heavy atom. The van der Waals surface area contributed by atoms with Gasteiger partial charge in [-0.05, 0) is 56.7 Å². The Kier molecular flexibility index (Phi) is 8.83. The molecule has 0 bridgehead atoms. The number of hydrogen-bond donors (Lipinski definition) is 4. The number of H-pyrrole nitrogens is 1. The molecular formula is C30H34FN5O3. The molecule has 0 aliphatic heterocycles. The van der Waals surface area contributed by atoms with Crippen LogP contribution < -0.4 is 20.5 Å². The van der Waals surface area contributed by atoms with Gasteiger partial charge in [-0.1, -0.05) is 24.3 Å². The number of nitrogens with one attached hydrogen (secondary N) is 3. The van der Waals surface area contributed by atoms with Crippen LogP contribution in [0.4, 0.5) is 10.1 Å². The van der Waals surface area contributed by atoms with Gasteiger partial charge in [-0.3, -0.25) is 5.41 Å². The molecule has 3 aromatic carbocycles. The maximum absolute atomic E-state index is 16.0. The molecule has 0 radical (unpaired) electrons. The number of nitrogens with two attached hydrogens (primary N) is 1. The Bertz CT molecular complexity index is 1420. The van der Waals surface area contributed by atoms with Gasteiger partial charge in [-0.15, -0.1) is 0 Å². The summed E-state index contributed by atoms with van der Waals surface area (Å²) < 4.78 is 33.0. The van der Waals surface area contributed by atoms with E-state index >= 15 is 4.39 Å². The molecule has 5 N–H and O–H groups in total. The lowest BCUT2D eigenvalue weighted by atomic mass is 10.0. The molecule has 1 heterocycles. The average molecular weight is 532 g/mol. The molecule has 8 nitrogen and oxygen atoms in total. The fraction of sp³-hybridized carbons (Fsp3) is 0.267. The molecule has 1 atom stereocenters. The molecule has 9 heteroatoms. The Morgan fingerprint density at radius 3 is 2.54 bits per heavy atom. The van der Waals surface area contributed by atoms with Crippen molar-refractivity contribution >= 4 is 11.5 Å². The third-order valence-electron chi connectivity index (χ3n) is 6.00. The van der Waals surface area contributed by atoms with Crippen molar-refractivity contribution in [2.45, 2.75) is 39.5 Å². The fourth-order valence-corrected chi connectivity index (χ4v) is 4.27. The highest BCUT2D eigenvalue weighted by Crippen LogP contribution is 2.36. The van der Waals surface area contributed by atoms with E-state index in [9.17, 15) is 0 Å². The van der Waals surface area contributed by atoms with Gasteiger partial charge in [-0.2, -0.15) is 0 Å². The third-order valence-corrected chi connectivity index (χ3v) is 6.00. The van der Waals surface area contributed by atoms with Crippen LogP contribution in [0.15, 0.2) is 66.9 Å². The van der Waals surface area contributed by atoms with Gasteiger partial charge < -0.3 is 30.2 Å². The fourth-order valence-electron chi connectivity index (χ4n) is 4.27. The minimum absolute atomic E-state index is 0.0329. The first-order chi connectivity index (χ1) is 18.8. The van der Waals surface area contributed by atoms with Crippen LogP contribution in [0.3, 0.4) is 0 Å². The van der Waals surface area contributed by atoms with Crippen LogP contribution in [0.25, 0.3) is 11.3 Å². The number of methoxy groups -OCH3 is 1. The molecule has 0 saturated heterocycles. The monoisotopic (exact) mass is 531 g/mol. The first-order valence-electron chi connectivity index (χ1n) is 12.8. The zero-order chi connectivity index (χ0) is 27.9. The van der Waals surface area contributed by atoms with Crippen molar-refractivity contribution in [2.24, 2.45) is 5.73 Å². The molecule has 0 amide bonds. The second kappa shape index (κ2) is 12.4. The molecule has 204 valence electrons. The maximum Gasteiger partial charge on any atom is 0.171 e. The number of ether oxygens (including phenoxy) is 3. The second-order valence-corrected chi connectivity index (χ2v) is 9.25. The predicted molar refractivity (Wildman–Crippen MR) is 151 cm³/mol. The number of imidazole rings is 1. The molecule has 1 unspecified atom stereocenters. The van der Waals surface area contributed by atoms with E-state index in [1.54, 1.807) is 49.7 Å². The number of aromatic nitrogens is 2. The standard InChI is InChI=1S/C30H34FN5O3/c1-5-38-22-14-24(27(31)26(15-22)39-18(2)3)28(35-21-12-10-19(11-13-21)29(32)33)30-34-16-25(36-30)23-9-7-6-8-20(23)17-37-4/h6-16,18,28,35H,5,17H2,1-4H3,(H3,32,33)(H,34,36). The molecule has 0 aliphatic carbocycles. The molecule has 0 aliphatic rings. The number of benzene rings is 3. The van der Waals surface area contributed by atoms with Crippen molar-refractivity contribution in [2.75, 3.05) is 19.0 Å². The number of amidine groups is 1. The van der Waals surface area contributed by atoms with Crippen molar-refractivity contribution in [1.82, 2.24) is 9.97 Å². The molecule has 0 spiro atoms. The number of aromatic amines is 1. The van der Waals surface area contributed by atoms with Crippen LogP contribution in [0.1, 0.15) is 49.3 Å². The highest BCUT2D eigenvalue weighted by molar-refractivity contribution is 5.95. The van der Waals surface area contributed by atoms with Crippen molar-refractivity contribution in [1.29, 1.82) is 5.41 Å². The lowest BCUT2D eigenvalue weighted by Crippen LogP contribution is -2.18. The summed E-state index contributed by atoms with van der Waals surface area (Å²) in [4.78, 5) is 8.12. The van der Waals surface area contributed by atoms with Crippen LogP contribution in [0, 0.1) is 11.2 Å². The largest absolute Gasteiger partial charge is 0.494 e. The quantitative estimate of drug-likeness (QED) is 0.131. The number of hydrogen-bond acceptors (Lipinski definition) is 6. The van der Waals surface area contributed by atoms with Gasteiger partial charge in [0.2, 0.25) is 0 Å². The van der Waals surface area contributed by atoms with E-state index in [-0.39, 0.29) is 17.7 Å². The molecule has 4 aromatic rings. The Morgan fingerprint density at radius 2 is 1.87 bits per heavy atom. The smallest absolute Gasteiger partial charge is 0.171 e. The molecule has 0 fully saturated rings. The topological polar surface area (TPSA) is 118 Å². The lowest BCUT2D eigenvalue weighted by molar-refractivity contribution is 0.185. The Labute approximate surface area is 227 Å². The first-order valence-corrected chi connectivity index (χ1v) is 12.8. The molecule has 39 heavy (non-hydrogen) atoms. The van der Waals surface area contributed by atoms with Crippen LogP contribution in [-0.4, -0.2) is 35.6 Å². The minimum Gasteiger partial charge on any atom is -0.494 e. The van der Waals surface area contributed by atoms with E-state index in [0.29, 0.717) is 47.3 Å². The SMILES string of the molecule is CCOc1cc(OC(C)C)c(F)c(C(Nc2ccc(C(=N)N)cc2)c2nc(-c3ccccc3COC)c[nH]2)c1. The van der Waals surface area contributed by atoms with E-state index in [1.165, 1.54) is 0 Å². The van der Waals surface area contributed by atoms with Crippen LogP contribution in [0.5, 0.6) is 11.5 Å². The zero-order valence-corrected chi connectivity index (χ0v) is 22.5. The summed E-state index contributed by atoms with van der Waals surface area (Å²) in [6.07, 6.45) is 1.56. The number of nitrogens with zero attached hydrogens (tertiary/aromatic N) is 1. The molecule has 1 aromatic heterocycles. The summed E-state index contributed by atoms with van der Waals surface area (Å²) in [7, 11) is 1.65. The van der Waals surface area contributed by atoms with Gasteiger partial charge in [0.1, 0.15) is 23.5 Å². The highest BCUT2D eigenvalue weighted by atomic mass is 19.1. The zero-order valence-electron chi connectivity index (χ0n) is 22.5. The van der Waals surface area contributed by atoms with Crippen molar-refractivity contribution in [3.8, 4) is 22.8 Å². The summed E-state index contributed by atoms with van der Waals surface area (Å²) in [5.74, 6) is 0.537. The van der Waals surface area contributed by atoms with Crippen LogP contribution >= 0.6 is 0 Å². The summed E-state index contributed by atoms with van der Waals surface area (Å²) in [6.45, 7) is 6.40. The Balaban J connectivity index is 1.83. The first kappa shape index (κ1) is 27.7. The van der Waals surface area contributed by atoms with Gasteiger partial charge in [-0.25, -0.2) is 9.37 Å². The summed E-state index contributed by atoms with van der Waals surface area (Å²) in [5, 5.41) is 11.1. The van der Waals surface area contributed by atoms with Gasteiger partial charge >= 0.3 is 0 Å². The second-order valence-electron chi connectivity index (χ2n) is 9.25. The number of rotatable bonds is 12. The minimum atomic E-state index is -0.730. The van der Waals surface area contributed by atoms with Crippen molar-refractivity contribution in [3.63, 3.8) is 0 Å². The summed E-state index contributed by atoms with van der Waals surface area (Å²) in [6, 6.07) is 17.4. The van der Waals surface area contributed by atoms with Crippen LogP contribution in [0.2, 0.25) is 0 Å². The predicted octanol–water partition coefficient (Wildman–Crippen LogP) is 6.03. The summed E-state index contributed by atoms with van der Waals surface area (Å²) >= 11 is 0. The maximum atomic E-state index is 16.0. The normalized spacial score (nSPS) is 11.8. The van der Waals surface area contributed by atoms with E-state index in [1.807, 2.05) is 45.0 Å². The third kappa shape index (κ3) is 6.56. The van der Waals surface area contributed by atoms with E-state index < -0.39 is 11.9 Å². The van der Waals surface area contributed by atoms with E-state index in [4.69, 9.17) is 30.3 Å². The molecular weight excluding hydrogens is 497 g/mol. The van der Waals surface area contributed by atoms with E-state index in [2.05, 4.69) is 10.3 Å². The van der Waals surface area contributed by atoms with E-state index in [0.717, 1.165) is 11.1 Å². The molecule has 4 rings (SSSR count). The van der Waals surface area contributed by atoms with Gasteiger partial charge in [0.25, 0.3) is 0 Å². The van der Waals surface area contributed by atoms with Gasteiger partial charge in [0.15, 0.2) is 11.6 Å². The Hall–Kier alpha value is -4.37. The van der Waals surface area contributed by atoms with Crippen molar-refractivity contribution < 1.29 is 18.6 Å². The average Bonchev–Trinajstić information content (AvgIpc) is 3.40. The highest BCUT2D eigenvalue weighted by Gasteiger charge is 2.26. The lowest BCUT2D eigenvalue weighted by Gasteiger charge is -2.22.